The number of methoxy groups -OCH3 is 1. The molecule has 0 unspecified atom stereocenters. The summed E-state index contributed by atoms with van der Waals surface area (Å²) in [4.78, 5) is 10.9. The van der Waals surface area contributed by atoms with Gasteiger partial charge in [0.2, 0.25) is 0 Å². The van der Waals surface area contributed by atoms with Gasteiger partial charge < -0.3 is 10.5 Å². The molecule has 0 bridgehead atoms. The Morgan fingerprint density at radius 3 is 3.18 bits per heavy atom. The number of aromatic nitrogens is 2. The van der Waals surface area contributed by atoms with Gasteiger partial charge in [-0.1, -0.05) is 0 Å². The van der Waals surface area contributed by atoms with Crippen LogP contribution in [-0.2, 0) is 11.4 Å². The van der Waals surface area contributed by atoms with Crippen molar-refractivity contribution in [2.45, 2.75) is 6.67 Å². The third-order valence-corrected chi connectivity index (χ3v) is 1.28. The summed E-state index contributed by atoms with van der Waals surface area (Å²) in [5, 5.41) is 3.79. The second-order valence-electron chi connectivity index (χ2n) is 1.89. The number of hydrogen-bond donors (Lipinski definition) is 1. The van der Waals surface area contributed by atoms with E-state index in [1.54, 1.807) is 6.07 Å². The number of esters is 1. The highest BCUT2D eigenvalue weighted by molar-refractivity contribution is 5.87. The first kappa shape index (κ1) is 7.74. The van der Waals surface area contributed by atoms with E-state index in [4.69, 9.17) is 5.73 Å². The molecule has 0 amide bonds. The highest BCUT2D eigenvalue weighted by atomic mass is 16.5. The Labute approximate surface area is 63.7 Å². The molecule has 0 radical (unpaired) electrons. The standard InChI is InChI=1S/C6H9N3O2/c1-11-6(10)5-2-3-8-9(5)4-7/h2-3H,4,7H2,1H3. The van der Waals surface area contributed by atoms with Gasteiger partial charge in [0, 0.05) is 6.20 Å². The Hall–Kier alpha value is -1.36. The lowest BCUT2D eigenvalue weighted by atomic mass is 10.4. The number of rotatable bonds is 2. The Balaban J connectivity index is 2.92. The Morgan fingerprint density at radius 1 is 1.91 bits per heavy atom. The van der Waals surface area contributed by atoms with Crippen LogP contribution in [0.4, 0.5) is 0 Å². The molecule has 11 heavy (non-hydrogen) atoms. The van der Waals surface area contributed by atoms with Crippen LogP contribution >= 0.6 is 0 Å². The normalized spacial score (nSPS) is 9.64. The summed E-state index contributed by atoms with van der Waals surface area (Å²) < 4.78 is 5.85. The molecule has 1 heterocycles. The Bertz CT molecular complexity index is 256. The van der Waals surface area contributed by atoms with Crippen LogP contribution in [0, 0.1) is 0 Å². The number of ether oxygens (including phenoxy) is 1. The molecular weight excluding hydrogens is 146 g/mol. The van der Waals surface area contributed by atoms with E-state index in [-0.39, 0.29) is 6.67 Å². The van der Waals surface area contributed by atoms with E-state index in [1.165, 1.54) is 18.0 Å². The Morgan fingerprint density at radius 2 is 2.64 bits per heavy atom. The first-order chi connectivity index (χ1) is 5.29. The highest BCUT2D eigenvalue weighted by Gasteiger charge is 2.09. The van der Waals surface area contributed by atoms with Gasteiger partial charge in [-0.3, -0.25) is 0 Å². The molecule has 0 atom stereocenters. The zero-order valence-electron chi connectivity index (χ0n) is 6.15. The number of nitrogens with zero attached hydrogens (tertiary/aromatic N) is 2. The number of hydrogen-bond acceptors (Lipinski definition) is 4. The van der Waals surface area contributed by atoms with Crippen LogP contribution < -0.4 is 5.73 Å². The zero-order chi connectivity index (χ0) is 8.27. The number of carbonyl (C=O) groups is 1. The van der Waals surface area contributed by atoms with E-state index in [1.807, 2.05) is 0 Å². The molecule has 1 aromatic heterocycles. The van der Waals surface area contributed by atoms with Gasteiger partial charge in [0.15, 0.2) is 0 Å². The molecule has 1 aromatic rings. The minimum absolute atomic E-state index is 0.178. The molecule has 5 nitrogen and oxygen atoms in total. The van der Waals surface area contributed by atoms with E-state index < -0.39 is 5.97 Å². The number of nitrogens with two attached hydrogens (primary N) is 1. The fourth-order valence-electron chi connectivity index (χ4n) is 0.756. The van der Waals surface area contributed by atoms with Crippen molar-refractivity contribution in [1.82, 2.24) is 9.78 Å². The predicted octanol–water partition coefficient (Wildman–Crippen LogP) is -0.414. The van der Waals surface area contributed by atoms with Crippen molar-refractivity contribution in [2.24, 2.45) is 5.73 Å². The molecule has 1 rings (SSSR count). The van der Waals surface area contributed by atoms with Crippen LogP contribution in [0.5, 0.6) is 0 Å². The molecule has 0 saturated heterocycles. The fraction of sp³-hybridized carbons (Fsp3) is 0.333. The SMILES string of the molecule is COC(=O)c1ccnn1CN. The summed E-state index contributed by atoms with van der Waals surface area (Å²) in [6, 6.07) is 1.55. The van der Waals surface area contributed by atoms with Crippen molar-refractivity contribution < 1.29 is 9.53 Å². The summed E-state index contributed by atoms with van der Waals surface area (Å²) in [5.74, 6) is -0.423. The second kappa shape index (κ2) is 3.16. The zero-order valence-corrected chi connectivity index (χ0v) is 6.15. The lowest BCUT2D eigenvalue weighted by Crippen LogP contribution is -2.16. The maximum Gasteiger partial charge on any atom is 0.356 e. The van der Waals surface area contributed by atoms with E-state index in [0.29, 0.717) is 5.69 Å². The van der Waals surface area contributed by atoms with Crippen molar-refractivity contribution in [3.8, 4) is 0 Å². The van der Waals surface area contributed by atoms with E-state index >= 15 is 0 Å². The average molecular weight is 155 g/mol. The molecule has 0 saturated carbocycles. The van der Waals surface area contributed by atoms with Crippen molar-refractivity contribution in [2.75, 3.05) is 7.11 Å². The minimum atomic E-state index is -0.423. The van der Waals surface area contributed by atoms with Crippen LogP contribution in [0.25, 0.3) is 0 Å². The maximum absolute atomic E-state index is 10.9. The highest BCUT2D eigenvalue weighted by Crippen LogP contribution is 1.98. The van der Waals surface area contributed by atoms with Crippen molar-refractivity contribution >= 4 is 5.97 Å². The van der Waals surface area contributed by atoms with Crippen LogP contribution in [0.1, 0.15) is 10.5 Å². The monoisotopic (exact) mass is 155 g/mol. The average Bonchev–Trinajstić information content (AvgIpc) is 2.50. The maximum atomic E-state index is 10.9. The van der Waals surface area contributed by atoms with Gasteiger partial charge in [0.25, 0.3) is 0 Å². The first-order valence-electron chi connectivity index (χ1n) is 3.09. The third-order valence-electron chi connectivity index (χ3n) is 1.28. The molecule has 0 aliphatic heterocycles. The second-order valence-corrected chi connectivity index (χ2v) is 1.89. The van der Waals surface area contributed by atoms with Gasteiger partial charge in [-0.2, -0.15) is 5.10 Å². The molecular formula is C6H9N3O2. The van der Waals surface area contributed by atoms with Gasteiger partial charge >= 0.3 is 5.97 Å². The van der Waals surface area contributed by atoms with Gasteiger partial charge in [-0.25, -0.2) is 9.48 Å². The predicted molar refractivity (Wildman–Crippen MR) is 37.8 cm³/mol. The first-order valence-corrected chi connectivity index (χ1v) is 3.09. The van der Waals surface area contributed by atoms with Crippen LogP contribution in [0.15, 0.2) is 12.3 Å². The topological polar surface area (TPSA) is 70.1 Å². The minimum Gasteiger partial charge on any atom is -0.464 e. The summed E-state index contributed by atoms with van der Waals surface area (Å²) in [6.07, 6.45) is 1.50. The molecule has 2 N–H and O–H groups in total. The van der Waals surface area contributed by atoms with Gasteiger partial charge in [0.1, 0.15) is 5.69 Å². The molecule has 5 heteroatoms. The van der Waals surface area contributed by atoms with E-state index in [2.05, 4.69) is 9.84 Å². The van der Waals surface area contributed by atoms with Gasteiger partial charge in [-0.05, 0) is 6.07 Å². The Kier molecular flexibility index (Phi) is 2.22. The van der Waals surface area contributed by atoms with Gasteiger partial charge in [0.05, 0.1) is 13.8 Å². The molecule has 0 aliphatic carbocycles. The van der Waals surface area contributed by atoms with Gasteiger partial charge in [-0.15, -0.1) is 0 Å². The van der Waals surface area contributed by atoms with Crippen LogP contribution in [-0.4, -0.2) is 22.9 Å². The van der Waals surface area contributed by atoms with E-state index in [9.17, 15) is 4.79 Å². The van der Waals surface area contributed by atoms with Crippen molar-refractivity contribution in [1.29, 1.82) is 0 Å². The summed E-state index contributed by atoms with van der Waals surface area (Å²) >= 11 is 0. The van der Waals surface area contributed by atoms with Crippen molar-refractivity contribution in [3.05, 3.63) is 18.0 Å². The summed E-state index contributed by atoms with van der Waals surface area (Å²) in [6.45, 7) is 0.178. The fourth-order valence-corrected chi connectivity index (χ4v) is 0.756. The largest absolute Gasteiger partial charge is 0.464 e. The quantitative estimate of drug-likeness (QED) is 0.589. The molecule has 0 aliphatic rings. The summed E-state index contributed by atoms with van der Waals surface area (Å²) in [7, 11) is 1.32. The lowest BCUT2D eigenvalue weighted by molar-refractivity contribution is 0.0586. The smallest absolute Gasteiger partial charge is 0.356 e. The third kappa shape index (κ3) is 1.38. The number of carbonyl (C=O) groups excluding carboxylic acids is 1. The lowest BCUT2D eigenvalue weighted by Gasteiger charge is -2.00. The van der Waals surface area contributed by atoms with Crippen molar-refractivity contribution in [3.63, 3.8) is 0 Å². The van der Waals surface area contributed by atoms with Crippen LogP contribution in [0.3, 0.4) is 0 Å². The molecule has 0 fully saturated rings. The van der Waals surface area contributed by atoms with E-state index in [0.717, 1.165) is 0 Å². The summed E-state index contributed by atoms with van der Waals surface area (Å²) in [5.41, 5.74) is 5.65. The molecule has 60 valence electrons. The molecule has 0 aromatic carbocycles. The molecule has 0 spiro atoms. The van der Waals surface area contributed by atoms with Crippen LogP contribution in [0.2, 0.25) is 0 Å².